The first-order valence-corrected chi connectivity index (χ1v) is 7.83. The number of carbonyl (C=O) groups is 1. The minimum absolute atomic E-state index is 0.0199. The standard InChI is InChI=1S/C17H18F3N3O/c1-10-6-11(2)23(21-10)13-4-3-5-22(9-13)17(24)12-7-14(18)16(20)15(19)8-12/h6-8,13H,3-5,9H2,1-2H3/t13-/m1/s1. The van der Waals surface area contributed by atoms with Crippen molar-refractivity contribution in [1.29, 1.82) is 0 Å². The Hall–Kier alpha value is -2.31. The zero-order valence-electron chi connectivity index (χ0n) is 13.5. The molecule has 2 heterocycles. The van der Waals surface area contributed by atoms with E-state index >= 15 is 0 Å². The molecule has 1 aliphatic rings. The van der Waals surface area contributed by atoms with Crippen LogP contribution in [0, 0.1) is 31.3 Å². The molecule has 0 saturated carbocycles. The van der Waals surface area contributed by atoms with Gasteiger partial charge in [-0.25, -0.2) is 13.2 Å². The smallest absolute Gasteiger partial charge is 0.254 e. The highest BCUT2D eigenvalue weighted by molar-refractivity contribution is 5.94. The Morgan fingerprint density at radius 1 is 1.17 bits per heavy atom. The van der Waals surface area contributed by atoms with Crippen LogP contribution >= 0.6 is 0 Å². The van der Waals surface area contributed by atoms with Gasteiger partial charge >= 0.3 is 0 Å². The van der Waals surface area contributed by atoms with E-state index in [0.29, 0.717) is 13.1 Å². The summed E-state index contributed by atoms with van der Waals surface area (Å²) >= 11 is 0. The van der Waals surface area contributed by atoms with Crippen LogP contribution in [0.2, 0.25) is 0 Å². The summed E-state index contributed by atoms with van der Waals surface area (Å²) in [5.74, 6) is -4.78. The zero-order valence-corrected chi connectivity index (χ0v) is 13.5. The lowest BCUT2D eigenvalue weighted by Crippen LogP contribution is -2.41. The summed E-state index contributed by atoms with van der Waals surface area (Å²) in [5, 5.41) is 4.45. The zero-order chi connectivity index (χ0) is 17.4. The van der Waals surface area contributed by atoms with Crippen molar-refractivity contribution in [1.82, 2.24) is 14.7 Å². The summed E-state index contributed by atoms with van der Waals surface area (Å²) in [4.78, 5) is 14.1. The van der Waals surface area contributed by atoms with E-state index in [1.165, 1.54) is 4.90 Å². The van der Waals surface area contributed by atoms with Crippen molar-refractivity contribution in [2.24, 2.45) is 0 Å². The van der Waals surface area contributed by atoms with Crippen LogP contribution in [-0.4, -0.2) is 33.7 Å². The molecule has 0 bridgehead atoms. The fraction of sp³-hybridized carbons (Fsp3) is 0.412. The van der Waals surface area contributed by atoms with Crippen molar-refractivity contribution in [2.45, 2.75) is 32.7 Å². The Morgan fingerprint density at radius 3 is 2.42 bits per heavy atom. The predicted octanol–water partition coefficient (Wildman–Crippen LogP) is 3.39. The van der Waals surface area contributed by atoms with Crippen LogP contribution in [-0.2, 0) is 0 Å². The molecule has 2 aromatic rings. The number of aryl methyl sites for hydroxylation is 2. The van der Waals surface area contributed by atoms with E-state index in [4.69, 9.17) is 0 Å². The molecule has 1 saturated heterocycles. The normalized spacial score (nSPS) is 18.0. The maximum Gasteiger partial charge on any atom is 0.254 e. The summed E-state index contributed by atoms with van der Waals surface area (Å²) in [6.45, 7) is 4.75. The number of halogens is 3. The molecule has 0 aliphatic carbocycles. The molecule has 0 spiro atoms. The lowest BCUT2D eigenvalue weighted by molar-refractivity contribution is 0.0670. The molecule has 1 atom stereocenters. The predicted molar refractivity (Wildman–Crippen MR) is 82.2 cm³/mol. The van der Waals surface area contributed by atoms with Crippen LogP contribution in [0.15, 0.2) is 18.2 Å². The van der Waals surface area contributed by atoms with Gasteiger partial charge in [0.25, 0.3) is 5.91 Å². The number of nitrogens with zero attached hydrogens (tertiary/aromatic N) is 3. The number of carbonyl (C=O) groups excluding carboxylic acids is 1. The molecule has 4 nitrogen and oxygen atoms in total. The molecule has 1 aromatic carbocycles. The lowest BCUT2D eigenvalue weighted by Gasteiger charge is -2.33. The molecule has 0 N–H and O–H groups in total. The largest absolute Gasteiger partial charge is 0.336 e. The van der Waals surface area contributed by atoms with Gasteiger partial charge in [-0.1, -0.05) is 0 Å². The summed E-state index contributed by atoms with van der Waals surface area (Å²) in [6, 6.07) is 3.47. The highest BCUT2D eigenvalue weighted by Crippen LogP contribution is 2.25. The number of aromatic nitrogens is 2. The average molecular weight is 337 g/mol. The van der Waals surface area contributed by atoms with E-state index < -0.39 is 23.4 Å². The topological polar surface area (TPSA) is 38.1 Å². The second-order valence-corrected chi connectivity index (χ2v) is 6.17. The molecule has 7 heteroatoms. The van der Waals surface area contributed by atoms with Gasteiger partial charge in [0.15, 0.2) is 17.5 Å². The molecule has 0 radical (unpaired) electrons. The quantitative estimate of drug-likeness (QED) is 0.788. The highest BCUT2D eigenvalue weighted by Gasteiger charge is 2.28. The Labute approximate surface area is 137 Å². The Bertz CT molecular complexity index is 764. The SMILES string of the molecule is Cc1cc(C)n([C@@H]2CCCN(C(=O)c3cc(F)c(F)c(F)c3)C2)n1. The molecule has 1 fully saturated rings. The van der Waals surface area contributed by atoms with Gasteiger partial charge in [-0.05, 0) is 44.9 Å². The van der Waals surface area contributed by atoms with Crippen molar-refractivity contribution in [3.63, 3.8) is 0 Å². The molecule has 0 unspecified atom stereocenters. The summed E-state index contributed by atoms with van der Waals surface area (Å²) < 4.78 is 41.7. The molecular formula is C17H18F3N3O. The van der Waals surface area contributed by atoms with Gasteiger partial charge in [-0.15, -0.1) is 0 Å². The second kappa shape index (κ2) is 6.30. The van der Waals surface area contributed by atoms with Crippen LogP contribution in [0.25, 0.3) is 0 Å². The number of piperidine rings is 1. The molecule has 1 aliphatic heterocycles. The number of hydrogen-bond donors (Lipinski definition) is 0. The third kappa shape index (κ3) is 3.02. The summed E-state index contributed by atoms with van der Waals surface area (Å²) in [5.41, 5.74) is 1.73. The molecular weight excluding hydrogens is 319 g/mol. The molecule has 1 amide bonds. The number of benzene rings is 1. The minimum Gasteiger partial charge on any atom is -0.336 e. The van der Waals surface area contributed by atoms with Crippen LogP contribution < -0.4 is 0 Å². The van der Waals surface area contributed by atoms with E-state index in [0.717, 1.165) is 36.4 Å². The molecule has 3 rings (SSSR count). The van der Waals surface area contributed by atoms with Gasteiger partial charge in [0.1, 0.15) is 0 Å². The Balaban J connectivity index is 1.82. The van der Waals surface area contributed by atoms with Crippen LogP contribution in [0.3, 0.4) is 0 Å². The van der Waals surface area contributed by atoms with E-state index in [9.17, 15) is 18.0 Å². The van der Waals surface area contributed by atoms with E-state index in [2.05, 4.69) is 5.10 Å². The molecule has 128 valence electrons. The van der Waals surface area contributed by atoms with E-state index in [-0.39, 0.29) is 11.6 Å². The van der Waals surface area contributed by atoms with E-state index in [1.807, 2.05) is 24.6 Å². The van der Waals surface area contributed by atoms with Crippen molar-refractivity contribution in [2.75, 3.05) is 13.1 Å². The summed E-state index contributed by atoms with van der Waals surface area (Å²) in [6.07, 6.45) is 1.64. The van der Waals surface area contributed by atoms with E-state index in [1.54, 1.807) is 0 Å². The van der Waals surface area contributed by atoms with Crippen molar-refractivity contribution < 1.29 is 18.0 Å². The average Bonchev–Trinajstić information content (AvgIpc) is 2.90. The van der Waals surface area contributed by atoms with Crippen molar-refractivity contribution in [3.8, 4) is 0 Å². The fourth-order valence-electron chi connectivity index (χ4n) is 3.22. The third-order valence-electron chi connectivity index (χ3n) is 4.30. The Kier molecular flexibility index (Phi) is 4.34. The van der Waals surface area contributed by atoms with Gasteiger partial charge in [0.2, 0.25) is 0 Å². The fourth-order valence-corrected chi connectivity index (χ4v) is 3.22. The van der Waals surface area contributed by atoms with Gasteiger partial charge in [-0.2, -0.15) is 5.10 Å². The molecule has 1 aromatic heterocycles. The van der Waals surface area contributed by atoms with Gasteiger partial charge in [0, 0.05) is 24.3 Å². The van der Waals surface area contributed by atoms with Gasteiger partial charge < -0.3 is 4.90 Å². The number of hydrogen-bond acceptors (Lipinski definition) is 2. The van der Waals surface area contributed by atoms with Crippen molar-refractivity contribution in [3.05, 3.63) is 52.6 Å². The van der Waals surface area contributed by atoms with Gasteiger partial charge in [0.05, 0.1) is 11.7 Å². The summed E-state index contributed by atoms with van der Waals surface area (Å²) in [7, 11) is 0. The Morgan fingerprint density at radius 2 is 1.83 bits per heavy atom. The first-order valence-electron chi connectivity index (χ1n) is 7.83. The number of rotatable bonds is 2. The first kappa shape index (κ1) is 16.5. The van der Waals surface area contributed by atoms with Crippen LogP contribution in [0.1, 0.15) is 40.6 Å². The molecule has 24 heavy (non-hydrogen) atoms. The van der Waals surface area contributed by atoms with Crippen LogP contribution in [0.5, 0.6) is 0 Å². The van der Waals surface area contributed by atoms with Gasteiger partial charge in [-0.3, -0.25) is 9.48 Å². The lowest BCUT2D eigenvalue weighted by atomic mass is 10.0. The highest BCUT2D eigenvalue weighted by atomic mass is 19.2. The number of amides is 1. The monoisotopic (exact) mass is 337 g/mol. The van der Waals surface area contributed by atoms with Crippen LogP contribution in [0.4, 0.5) is 13.2 Å². The maximum absolute atomic E-state index is 13.4. The number of likely N-dealkylation sites (tertiary alicyclic amines) is 1. The second-order valence-electron chi connectivity index (χ2n) is 6.17. The first-order chi connectivity index (χ1) is 11.4. The van der Waals surface area contributed by atoms with Crippen molar-refractivity contribution >= 4 is 5.91 Å². The minimum atomic E-state index is -1.56. The third-order valence-corrected chi connectivity index (χ3v) is 4.30. The maximum atomic E-state index is 13.4.